The van der Waals surface area contributed by atoms with Crippen LogP contribution < -0.4 is 10.5 Å². The zero-order valence-corrected chi connectivity index (χ0v) is 12.5. The number of benzene rings is 1. The number of hydrogen-bond donors (Lipinski definition) is 2. The topological polar surface area (TPSA) is 63.9 Å². The Kier molecular flexibility index (Phi) is 3.03. The minimum atomic E-state index is 0.281. The first-order valence-corrected chi connectivity index (χ1v) is 7.65. The molecule has 3 aromatic rings. The molecule has 0 bridgehead atoms. The number of anilines is 1. The van der Waals surface area contributed by atoms with Crippen molar-refractivity contribution in [1.82, 2.24) is 9.97 Å². The van der Waals surface area contributed by atoms with E-state index in [1.807, 2.05) is 37.5 Å². The third-order valence-electron chi connectivity index (χ3n) is 4.49. The van der Waals surface area contributed by atoms with Crippen LogP contribution in [-0.4, -0.2) is 16.1 Å². The molecule has 1 saturated carbocycles. The lowest BCUT2D eigenvalue weighted by Crippen LogP contribution is -2.32. The van der Waals surface area contributed by atoms with Gasteiger partial charge in [-0.15, -0.1) is 0 Å². The Morgan fingerprint density at radius 1 is 1.23 bits per heavy atom. The zero-order chi connectivity index (χ0) is 15.1. The molecule has 1 aliphatic carbocycles. The van der Waals surface area contributed by atoms with E-state index in [-0.39, 0.29) is 6.10 Å². The average molecular weight is 293 g/mol. The van der Waals surface area contributed by atoms with E-state index >= 15 is 0 Å². The monoisotopic (exact) mass is 293 g/mol. The first-order chi connectivity index (χ1) is 10.7. The lowest BCUT2D eigenvalue weighted by Gasteiger charge is -2.35. The van der Waals surface area contributed by atoms with Crippen LogP contribution in [0.2, 0.25) is 0 Å². The van der Waals surface area contributed by atoms with Crippen molar-refractivity contribution < 1.29 is 4.74 Å². The van der Waals surface area contributed by atoms with Gasteiger partial charge in [-0.1, -0.05) is 6.07 Å². The molecule has 1 fully saturated rings. The van der Waals surface area contributed by atoms with E-state index in [0.717, 1.165) is 40.9 Å². The van der Waals surface area contributed by atoms with E-state index in [1.165, 1.54) is 5.56 Å². The Morgan fingerprint density at radius 2 is 2.09 bits per heavy atom. The summed E-state index contributed by atoms with van der Waals surface area (Å²) in [5.41, 5.74) is 10.1. The van der Waals surface area contributed by atoms with Gasteiger partial charge >= 0.3 is 0 Å². The quantitative estimate of drug-likeness (QED) is 0.772. The maximum atomic E-state index is 6.07. The number of nitrogens with zero attached hydrogens (tertiary/aromatic N) is 1. The normalized spacial score (nSPS) is 20.8. The van der Waals surface area contributed by atoms with Gasteiger partial charge in [0.2, 0.25) is 0 Å². The lowest BCUT2D eigenvalue weighted by molar-refractivity contribution is 0.0986. The highest BCUT2D eigenvalue weighted by Crippen LogP contribution is 2.39. The molecule has 4 rings (SSSR count). The number of rotatable bonds is 3. The SMILES string of the molecule is Cc1ccc([C@H]2C[C@H](Oc3ccc4[nH]cc(N)c4c3)C2)cn1. The highest BCUT2D eigenvalue weighted by Gasteiger charge is 2.32. The summed E-state index contributed by atoms with van der Waals surface area (Å²) in [6.07, 6.45) is 6.18. The van der Waals surface area contributed by atoms with Gasteiger partial charge in [-0.05, 0) is 55.5 Å². The van der Waals surface area contributed by atoms with Gasteiger partial charge in [-0.3, -0.25) is 4.98 Å². The van der Waals surface area contributed by atoms with Crippen molar-refractivity contribution in [3.8, 4) is 5.75 Å². The van der Waals surface area contributed by atoms with Crippen molar-refractivity contribution in [3.05, 3.63) is 54.0 Å². The second-order valence-electron chi connectivity index (χ2n) is 6.09. The summed E-state index contributed by atoms with van der Waals surface area (Å²) in [5, 5.41) is 1.02. The Bertz CT molecular complexity index is 801. The van der Waals surface area contributed by atoms with Gasteiger partial charge in [0.15, 0.2) is 0 Å². The van der Waals surface area contributed by atoms with E-state index < -0.39 is 0 Å². The number of nitrogen functional groups attached to an aromatic ring is 1. The minimum absolute atomic E-state index is 0.281. The fourth-order valence-electron chi connectivity index (χ4n) is 3.04. The second-order valence-corrected chi connectivity index (χ2v) is 6.09. The summed E-state index contributed by atoms with van der Waals surface area (Å²) < 4.78 is 6.07. The van der Waals surface area contributed by atoms with Crippen LogP contribution in [0, 0.1) is 6.92 Å². The standard InChI is InChI=1S/C18H19N3O/c1-11-2-3-12(9-20-11)13-6-15(7-13)22-14-4-5-18-16(8-14)17(19)10-21-18/h2-5,8-10,13,15,21H,6-7,19H2,1H3/t13-,15-. The number of fused-ring (bicyclic) bond motifs is 1. The molecule has 2 aromatic heterocycles. The van der Waals surface area contributed by atoms with Crippen molar-refractivity contribution in [2.75, 3.05) is 5.73 Å². The van der Waals surface area contributed by atoms with Gasteiger partial charge in [-0.2, -0.15) is 0 Å². The van der Waals surface area contributed by atoms with Crippen LogP contribution in [0.25, 0.3) is 10.9 Å². The molecule has 0 spiro atoms. The molecule has 22 heavy (non-hydrogen) atoms. The third-order valence-corrected chi connectivity index (χ3v) is 4.49. The van der Waals surface area contributed by atoms with Gasteiger partial charge in [-0.25, -0.2) is 0 Å². The minimum Gasteiger partial charge on any atom is -0.490 e. The number of nitrogens with two attached hydrogens (primary N) is 1. The van der Waals surface area contributed by atoms with Gasteiger partial charge in [0.05, 0.1) is 11.8 Å². The Hall–Kier alpha value is -2.49. The predicted octanol–water partition coefficient (Wildman–Crippen LogP) is 3.78. The van der Waals surface area contributed by atoms with Crippen molar-refractivity contribution in [2.45, 2.75) is 31.8 Å². The number of hydrogen-bond acceptors (Lipinski definition) is 3. The van der Waals surface area contributed by atoms with Crippen LogP contribution in [0.5, 0.6) is 5.75 Å². The summed E-state index contributed by atoms with van der Waals surface area (Å²) in [6.45, 7) is 2.01. The maximum absolute atomic E-state index is 6.07. The van der Waals surface area contributed by atoms with Crippen LogP contribution >= 0.6 is 0 Å². The van der Waals surface area contributed by atoms with E-state index in [9.17, 15) is 0 Å². The predicted molar refractivity (Wildman–Crippen MR) is 88.1 cm³/mol. The van der Waals surface area contributed by atoms with Crippen LogP contribution in [-0.2, 0) is 0 Å². The Morgan fingerprint density at radius 3 is 2.86 bits per heavy atom. The van der Waals surface area contributed by atoms with Crippen LogP contribution in [0.3, 0.4) is 0 Å². The molecular weight excluding hydrogens is 274 g/mol. The number of ether oxygens (including phenoxy) is 1. The first kappa shape index (κ1) is 13.2. The number of aromatic nitrogens is 2. The molecule has 4 nitrogen and oxygen atoms in total. The molecule has 0 saturated heterocycles. The van der Waals surface area contributed by atoms with E-state index in [2.05, 4.69) is 22.1 Å². The second kappa shape index (κ2) is 5.05. The van der Waals surface area contributed by atoms with Gasteiger partial charge < -0.3 is 15.5 Å². The van der Waals surface area contributed by atoms with Crippen LogP contribution in [0.4, 0.5) is 5.69 Å². The van der Waals surface area contributed by atoms with Crippen molar-refractivity contribution >= 4 is 16.6 Å². The molecule has 2 heterocycles. The van der Waals surface area contributed by atoms with Gasteiger partial charge in [0, 0.05) is 29.0 Å². The largest absolute Gasteiger partial charge is 0.490 e. The van der Waals surface area contributed by atoms with Crippen molar-refractivity contribution in [3.63, 3.8) is 0 Å². The summed E-state index contributed by atoms with van der Waals surface area (Å²) in [7, 11) is 0. The van der Waals surface area contributed by atoms with Gasteiger partial charge in [0.1, 0.15) is 5.75 Å². The van der Waals surface area contributed by atoms with Crippen LogP contribution in [0.1, 0.15) is 30.0 Å². The van der Waals surface area contributed by atoms with E-state index in [1.54, 1.807) is 0 Å². The van der Waals surface area contributed by atoms with E-state index in [0.29, 0.717) is 5.92 Å². The molecule has 0 amide bonds. The molecule has 1 aliphatic rings. The molecule has 0 atom stereocenters. The summed E-state index contributed by atoms with van der Waals surface area (Å²) >= 11 is 0. The van der Waals surface area contributed by atoms with Gasteiger partial charge in [0.25, 0.3) is 0 Å². The number of aryl methyl sites for hydroxylation is 1. The fraction of sp³-hybridized carbons (Fsp3) is 0.278. The Labute approximate surface area is 129 Å². The number of nitrogens with one attached hydrogen (secondary N) is 1. The molecule has 0 radical (unpaired) electrons. The van der Waals surface area contributed by atoms with Crippen LogP contribution in [0.15, 0.2) is 42.7 Å². The third kappa shape index (κ3) is 2.30. The smallest absolute Gasteiger partial charge is 0.120 e. The summed E-state index contributed by atoms with van der Waals surface area (Å²) in [4.78, 5) is 7.51. The molecule has 3 N–H and O–H groups in total. The van der Waals surface area contributed by atoms with E-state index in [4.69, 9.17) is 10.5 Å². The number of aromatic amines is 1. The number of H-pyrrole nitrogens is 1. The van der Waals surface area contributed by atoms with Crippen molar-refractivity contribution in [1.29, 1.82) is 0 Å². The summed E-state index contributed by atoms with van der Waals surface area (Å²) in [5.74, 6) is 1.46. The molecule has 4 heteroatoms. The highest BCUT2D eigenvalue weighted by molar-refractivity contribution is 5.92. The fourth-order valence-corrected chi connectivity index (χ4v) is 3.04. The summed E-state index contributed by atoms with van der Waals surface area (Å²) in [6, 6.07) is 10.3. The van der Waals surface area contributed by atoms with Crippen molar-refractivity contribution in [2.24, 2.45) is 0 Å². The highest BCUT2D eigenvalue weighted by atomic mass is 16.5. The average Bonchev–Trinajstić information content (AvgIpc) is 2.85. The molecule has 0 unspecified atom stereocenters. The molecular formula is C18H19N3O. The molecule has 1 aromatic carbocycles. The Balaban J connectivity index is 1.42. The lowest BCUT2D eigenvalue weighted by atomic mass is 9.78. The molecule has 0 aliphatic heterocycles. The maximum Gasteiger partial charge on any atom is 0.120 e. The molecule has 112 valence electrons. The first-order valence-electron chi connectivity index (χ1n) is 7.65. The number of pyridine rings is 1. The zero-order valence-electron chi connectivity index (χ0n) is 12.5.